The van der Waals surface area contributed by atoms with E-state index < -0.39 is 0 Å². The SMILES string of the molecule is Nc1c(Nc2ccc(Cl)cc2)ncnc1Nc1cccc(Cl)c1. The molecule has 0 aliphatic carbocycles. The third-order valence-corrected chi connectivity index (χ3v) is 3.57. The smallest absolute Gasteiger partial charge is 0.159 e. The van der Waals surface area contributed by atoms with Gasteiger partial charge in [0, 0.05) is 21.4 Å². The predicted octanol–water partition coefficient (Wildman–Crippen LogP) is 4.85. The lowest BCUT2D eigenvalue weighted by Crippen LogP contribution is -2.05. The Kier molecular flexibility index (Phi) is 4.50. The minimum Gasteiger partial charge on any atom is -0.393 e. The van der Waals surface area contributed by atoms with Crippen LogP contribution in [-0.2, 0) is 0 Å². The second-order valence-electron chi connectivity index (χ2n) is 4.75. The Morgan fingerprint density at radius 1 is 0.783 bits per heavy atom. The fourth-order valence-corrected chi connectivity index (χ4v) is 2.28. The summed E-state index contributed by atoms with van der Waals surface area (Å²) in [6.45, 7) is 0. The van der Waals surface area contributed by atoms with Gasteiger partial charge in [-0.1, -0.05) is 29.3 Å². The van der Waals surface area contributed by atoms with Crippen molar-refractivity contribution in [1.29, 1.82) is 0 Å². The van der Waals surface area contributed by atoms with E-state index >= 15 is 0 Å². The number of aromatic nitrogens is 2. The molecule has 0 bridgehead atoms. The Balaban J connectivity index is 1.84. The molecule has 0 fully saturated rings. The Labute approximate surface area is 143 Å². The lowest BCUT2D eigenvalue weighted by Gasteiger charge is -2.12. The molecule has 1 heterocycles. The Hall–Kier alpha value is -2.50. The van der Waals surface area contributed by atoms with Gasteiger partial charge in [-0.2, -0.15) is 0 Å². The van der Waals surface area contributed by atoms with Gasteiger partial charge in [-0.3, -0.25) is 0 Å². The summed E-state index contributed by atoms with van der Waals surface area (Å²) < 4.78 is 0. The number of nitrogens with one attached hydrogen (secondary N) is 2. The maximum Gasteiger partial charge on any atom is 0.159 e. The van der Waals surface area contributed by atoms with Crippen LogP contribution in [0.4, 0.5) is 28.7 Å². The van der Waals surface area contributed by atoms with Crippen LogP contribution < -0.4 is 16.4 Å². The van der Waals surface area contributed by atoms with Crippen LogP contribution in [0.3, 0.4) is 0 Å². The summed E-state index contributed by atoms with van der Waals surface area (Å²) in [7, 11) is 0. The van der Waals surface area contributed by atoms with E-state index in [-0.39, 0.29) is 0 Å². The van der Waals surface area contributed by atoms with Crippen molar-refractivity contribution in [3.8, 4) is 0 Å². The molecule has 7 heteroatoms. The highest BCUT2D eigenvalue weighted by Gasteiger charge is 2.09. The Morgan fingerprint density at radius 3 is 2.09 bits per heavy atom. The van der Waals surface area contributed by atoms with Gasteiger partial charge >= 0.3 is 0 Å². The van der Waals surface area contributed by atoms with Crippen LogP contribution in [0.15, 0.2) is 54.9 Å². The number of hydrogen-bond acceptors (Lipinski definition) is 5. The van der Waals surface area contributed by atoms with Gasteiger partial charge < -0.3 is 16.4 Å². The van der Waals surface area contributed by atoms with E-state index in [4.69, 9.17) is 28.9 Å². The summed E-state index contributed by atoms with van der Waals surface area (Å²) in [5.41, 5.74) is 8.16. The first kappa shape index (κ1) is 15.4. The maximum atomic E-state index is 6.14. The molecule has 0 spiro atoms. The Morgan fingerprint density at radius 2 is 1.43 bits per heavy atom. The molecule has 2 aromatic carbocycles. The number of rotatable bonds is 4. The fourth-order valence-electron chi connectivity index (χ4n) is 1.97. The molecule has 0 saturated heterocycles. The molecule has 0 radical (unpaired) electrons. The molecule has 5 nitrogen and oxygen atoms in total. The van der Waals surface area contributed by atoms with Crippen molar-refractivity contribution in [2.45, 2.75) is 0 Å². The molecule has 0 amide bonds. The molecule has 4 N–H and O–H groups in total. The van der Waals surface area contributed by atoms with Crippen molar-refractivity contribution in [3.63, 3.8) is 0 Å². The zero-order valence-corrected chi connectivity index (χ0v) is 13.4. The van der Waals surface area contributed by atoms with Crippen molar-refractivity contribution in [2.24, 2.45) is 0 Å². The van der Waals surface area contributed by atoms with E-state index in [1.165, 1.54) is 6.33 Å². The van der Waals surface area contributed by atoms with Crippen molar-refractivity contribution in [3.05, 3.63) is 64.9 Å². The van der Waals surface area contributed by atoms with Gasteiger partial charge in [0.2, 0.25) is 0 Å². The second kappa shape index (κ2) is 6.73. The molecule has 23 heavy (non-hydrogen) atoms. The number of halogens is 2. The first-order valence-electron chi connectivity index (χ1n) is 6.77. The van der Waals surface area contributed by atoms with Gasteiger partial charge in [0.05, 0.1) is 0 Å². The maximum absolute atomic E-state index is 6.14. The van der Waals surface area contributed by atoms with Crippen LogP contribution in [-0.4, -0.2) is 9.97 Å². The molecule has 1 aromatic heterocycles. The number of nitrogen functional groups attached to an aromatic ring is 1. The minimum absolute atomic E-state index is 0.405. The summed E-state index contributed by atoms with van der Waals surface area (Å²) in [6, 6.07) is 14.5. The van der Waals surface area contributed by atoms with Crippen LogP contribution in [0.25, 0.3) is 0 Å². The summed E-state index contributed by atoms with van der Waals surface area (Å²) in [6.07, 6.45) is 1.43. The number of hydrogen-bond donors (Lipinski definition) is 3. The van der Waals surface area contributed by atoms with E-state index in [0.717, 1.165) is 11.4 Å². The Bertz CT molecular complexity index is 821. The van der Waals surface area contributed by atoms with E-state index in [0.29, 0.717) is 27.4 Å². The lowest BCUT2D eigenvalue weighted by molar-refractivity contribution is 1.17. The number of nitrogens with two attached hydrogens (primary N) is 1. The molecule has 0 aliphatic rings. The highest BCUT2D eigenvalue weighted by Crippen LogP contribution is 2.29. The van der Waals surface area contributed by atoms with Crippen molar-refractivity contribution >= 4 is 51.9 Å². The van der Waals surface area contributed by atoms with Crippen LogP contribution in [0.5, 0.6) is 0 Å². The second-order valence-corrected chi connectivity index (χ2v) is 5.62. The number of benzene rings is 2. The molecule has 3 rings (SSSR count). The molecule has 0 atom stereocenters. The fraction of sp³-hybridized carbons (Fsp3) is 0. The van der Waals surface area contributed by atoms with Gasteiger partial charge in [-0.25, -0.2) is 9.97 Å². The van der Waals surface area contributed by atoms with Crippen molar-refractivity contribution < 1.29 is 0 Å². The third kappa shape index (κ3) is 3.83. The van der Waals surface area contributed by atoms with E-state index in [9.17, 15) is 0 Å². The van der Waals surface area contributed by atoms with Gasteiger partial charge in [-0.05, 0) is 42.5 Å². The predicted molar refractivity (Wildman–Crippen MR) is 95.9 cm³/mol. The monoisotopic (exact) mass is 345 g/mol. The van der Waals surface area contributed by atoms with E-state index in [2.05, 4.69) is 20.6 Å². The average Bonchev–Trinajstić information content (AvgIpc) is 2.53. The number of anilines is 5. The lowest BCUT2D eigenvalue weighted by atomic mass is 10.3. The molecule has 116 valence electrons. The molecule has 0 aliphatic heterocycles. The first-order chi connectivity index (χ1) is 11.1. The molecule has 0 saturated carbocycles. The average molecular weight is 346 g/mol. The molecular weight excluding hydrogens is 333 g/mol. The highest BCUT2D eigenvalue weighted by molar-refractivity contribution is 6.31. The first-order valence-corrected chi connectivity index (χ1v) is 7.53. The van der Waals surface area contributed by atoms with Crippen molar-refractivity contribution in [1.82, 2.24) is 9.97 Å². The van der Waals surface area contributed by atoms with Crippen LogP contribution >= 0.6 is 23.2 Å². The quantitative estimate of drug-likeness (QED) is 0.629. The van der Waals surface area contributed by atoms with E-state index in [1.807, 2.05) is 24.3 Å². The zero-order chi connectivity index (χ0) is 16.2. The number of nitrogens with zero attached hydrogens (tertiary/aromatic N) is 2. The summed E-state index contributed by atoms with van der Waals surface area (Å²) in [4.78, 5) is 8.34. The molecule has 0 unspecified atom stereocenters. The van der Waals surface area contributed by atoms with Gasteiger partial charge in [-0.15, -0.1) is 0 Å². The van der Waals surface area contributed by atoms with Crippen molar-refractivity contribution in [2.75, 3.05) is 16.4 Å². The largest absolute Gasteiger partial charge is 0.393 e. The van der Waals surface area contributed by atoms with Gasteiger partial charge in [0.1, 0.15) is 12.0 Å². The zero-order valence-electron chi connectivity index (χ0n) is 11.9. The molecule has 3 aromatic rings. The standard InChI is InChI=1S/C16H13Cl2N5/c17-10-4-6-12(7-5-10)22-15-14(19)16(21-9-20-15)23-13-3-1-2-11(18)8-13/h1-9H,19H2,(H2,20,21,22,23). The summed E-state index contributed by atoms with van der Waals surface area (Å²) in [5.74, 6) is 1.01. The minimum atomic E-state index is 0.405. The van der Waals surface area contributed by atoms with Crippen LogP contribution in [0, 0.1) is 0 Å². The van der Waals surface area contributed by atoms with E-state index in [1.54, 1.807) is 24.3 Å². The normalized spacial score (nSPS) is 10.3. The van der Waals surface area contributed by atoms with Crippen LogP contribution in [0.1, 0.15) is 0 Å². The third-order valence-electron chi connectivity index (χ3n) is 3.08. The highest BCUT2D eigenvalue weighted by atomic mass is 35.5. The summed E-state index contributed by atoms with van der Waals surface area (Å²) in [5, 5.41) is 7.55. The van der Waals surface area contributed by atoms with Gasteiger partial charge in [0.25, 0.3) is 0 Å². The van der Waals surface area contributed by atoms with Gasteiger partial charge in [0.15, 0.2) is 11.6 Å². The van der Waals surface area contributed by atoms with Crippen LogP contribution in [0.2, 0.25) is 10.0 Å². The summed E-state index contributed by atoms with van der Waals surface area (Å²) >= 11 is 11.9. The topological polar surface area (TPSA) is 75.9 Å². The molecular formula is C16H13Cl2N5.